The lowest BCUT2D eigenvalue weighted by atomic mass is 10.4. The van der Waals surface area contributed by atoms with Crippen LogP contribution in [0.3, 0.4) is 0 Å². The molecule has 0 bridgehead atoms. The fraction of sp³-hybridized carbons (Fsp3) is 0.500. The Morgan fingerprint density at radius 2 is 2.08 bits per heavy atom. The third kappa shape index (κ3) is 3.98. The van der Waals surface area contributed by atoms with Gasteiger partial charge >= 0.3 is 6.18 Å². The molecule has 0 spiro atoms. The summed E-state index contributed by atoms with van der Waals surface area (Å²) in [5, 5.41) is 2.24. The van der Waals surface area contributed by atoms with Gasteiger partial charge in [-0.15, -0.1) is 0 Å². The molecule has 5 heteroatoms. The highest BCUT2D eigenvalue weighted by atomic mass is 19.4. The molecule has 0 saturated heterocycles. The molecule has 0 aliphatic heterocycles. The highest BCUT2D eigenvalue weighted by Crippen LogP contribution is 2.13. The number of furan rings is 1. The van der Waals surface area contributed by atoms with Crippen LogP contribution < -0.4 is 5.32 Å². The molecular weight excluding hydrogens is 183 g/mol. The van der Waals surface area contributed by atoms with Crippen molar-refractivity contribution in [3.8, 4) is 0 Å². The number of hydrogen-bond donors (Lipinski definition) is 1. The molecule has 0 amide bonds. The third-order valence-electron chi connectivity index (χ3n) is 1.42. The number of rotatable bonds is 3. The lowest BCUT2D eigenvalue weighted by Crippen LogP contribution is -2.28. The average Bonchev–Trinajstić information content (AvgIpc) is 2.33. The second-order valence-electron chi connectivity index (χ2n) is 2.73. The van der Waals surface area contributed by atoms with Gasteiger partial charge in [0.05, 0.1) is 13.1 Å². The molecule has 0 saturated carbocycles. The van der Waals surface area contributed by atoms with E-state index in [0.29, 0.717) is 11.5 Å². The number of halogens is 3. The van der Waals surface area contributed by atoms with Crippen molar-refractivity contribution in [1.82, 2.24) is 5.32 Å². The van der Waals surface area contributed by atoms with Gasteiger partial charge in [-0.1, -0.05) is 0 Å². The minimum atomic E-state index is -4.17. The van der Waals surface area contributed by atoms with E-state index in [2.05, 4.69) is 5.32 Å². The van der Waals surface area contributed by atoms with Crippen LogP contribution in [0.15, 0.2) is 16.5 Å². The van der Waals surface area contributed by atoms with Crippen molar-refractivity contribution in [3.63, 3.8) is 0 Å². The summed E-state index contributed by atoms with van der Waals surface area (Å²) < 4.78 is 40.1. The second kappa shape index (κ2) is 3.83. The number of alkyl halides is 3. The molecule has 0 aliphatic carbocycles. The Labute approximate surface area is 73.7 Å². The third-order valence-corrected chi connectivity index (χ3v) is 1.42. The van der Waals surface area contributed by atoms with Crippen molar-refractivity contribution in [2.75, 3.05) is 6.54 Å². The average molecular weight is 193 g/mol. The topological polar surface area (TPSA) is 25.2 Å². The van der Waals surface area contributed by atoms with Crippen LogP contribution in [-0.2, 0) is 6.54 Å². The molecule has 1 heterocycles. The first-order valence-electron chi connectivity index (χ1n) is 3.80. The fourth-order valence-electron chi connectivity index (χ4n) is 0.908. The monoisotopic (exact) mass is 193 g/mol. The molecule has 0 atom stereocenters. The van der Waals surface area contributed by atoms with E-state index in [1.807, 2.05) is 0 Å². The normalized spacial score (nSPS) is 12.0. The van der Waals surface area contributed by atoms with Crippen LogP contribution in [0.1, 0.15) is 11.5 Å². The Morgan fingerprint density at radius 1 is 1.38 bits per heavy atom. The number of hydrogen-bond acceptors (Lipinski definition) is 2. The highest BCUT2D eigenvalue weighted by Gasteiger charge is 2.26. The Balaban J connectivity index is 2.28. The molecule has 0 aliphatic rings. The van der Waals surface area contributed by atoms with E-state index in [9.17, 15) is 13.2 Å². The maximum atomic E-state index is 11.7. The largest absolute Gasteiger partial charge is 0.465 e. The van der Waals surface area contributed by atoms with Crippen LogP contribution in [-0.4, -0.2) is 12.7 Å². The molecule has 0 unspecified atom stereocenters. The summed E-state index contributed by atoms with van der Waals surface area (Å²) in [6.07, 6.45) is -4.17. The minimum absolute atomic E-state index is 0.105. The van der Waals surface area contributed by atoms with Crippen LogP contribution in [0.2, 0.25) is 0 Å². The van der Waals surface area contributed by atoms with Gasteiger partial charge in [0.1, 0.15) is 11.5 Å². The van der Waals surface area contributed by atoms with Crippen molar-refractivity contribution < 1.29 is 17.6 Å². The van der Waals surface area contributed by atoms with E-state index in [1.165, 1.54) is 0 Å². The predicted molar refractivity (Wildman–Crippen MR) is 41.2 cm³/mol. The lowest BCUT2D eigenvalue weighted by molar-refractivity contribution is -0.125. The molecule has 1 aromatic heterocycles. The Bertz CT molecular complexity index is 267. The van der Waals surface area contributed by atoms with E-state index >= 15 is 0 Å². The molecule has 1 aromatic rings. The van der Waals surface area contributed by atoms with Gasteiger partial charge in [0, 0.05) is 0 Å². The van der Waals surface area contributed by atoms with E-state index in [0.717, 1.165) is 0 Å². The smallest absolute Gasteiger partial charge is 0.401 e. The van der Waals surface area contributed by atoms with Gasteiger partial charge in [0.25, 0.3) is 0 Å². The second-order valence-corrected chi connectivity index (χ2v) is 2.73. The van der Waals surface area contributed by atoms with Crippen LogP contribution >= 0.6 is 0 Å². The zero-order valence-electron chi connectivity index (χ0n) is 7.11. The lowest BCUT2D eigenvalue weighted by Gasteiger charge is -2.05. The summed E-state index contributed by atoms with van der Waals surface area (Å²) in [5.41, 5.74) is 0. The maximum absolute atomic E-state index is 11.7. The highest BCUT2D eigenvalue weighted by molar-refractivity contribution is 5.05. The van der Waals surface area contributed by atoms with Gasteiger partial charge in [-0.05, 0) is 19.1 Å². The van der Waals surface area contributed by atoms with E-state index in [4.69, 9.17) is 4.42 Å². The van der Waals surface area contributed by atoms with E-state index in [-0.39, 0.29) is 6.54 Å². The summed E-state index contributed by atoms with van der Waals surface area (Å²) in [5.74, 6) is 1.21. The summed E-state index contributed by atoms with van der Waals surface area (Å²) in [6.45, 7) is 0.855. The summed E-state index contributed by atoms with van der Waals surface area (Å²) in [4.78, 5) is 0. The molecule has 2 nitrogen and oxygen atoms in total. The summed E-state index contributed by atoms with van der Waals surface area (Å²) in [6, 6.07) is 3.36. The predicted octanol–water partition coefficient (Wildman–Crippen LogP) is 2.24. The zero-order chi connectivity index (χ0) is 9.90. The van der Waals surface area contributed by atoms with Gasteiger partial charge in [-0.25, -0.2) is 0 Å². The van der Waals surface area contributed by atoms with Crippen LogP contribution in [0.5, 0.6) is 0 Å². The van der Waals surface area contributed by atoms with Crippen molar-refractivity contribution in [3.05, 3.63) is 23.7 Å². The number of nitrogens with one attached hydrogen (secondary N) is 1. The first kappa shape index (κ1) is 10.1. The minimum Gasteiger partial charge on any atom is -0.465 e. The molecule has 13 heavy (non-hydrogen) atoms. The Morgan fingerprint density at radius 3 is 2.54 bits per heavy atom. The van der Waals surface area contributed by atoms with Crippen LogP contribution in [0.4, 0.5) is 13.2 Å². The molecule has 0 radical (unpaired) electrons. The Kier molecular flexibility index (Phi) is 2.98. The van der Waals surface area contributed by atoms with Gasteiger partial charge in [-0.3, -0.25) is 0 Å². The van der Waals surface area contributed by atoms with E-state index < -0.39 is 12.7 Å². The standard InChI is InChI=1S/C8H10F3NO/c1-6-2-3-7(13-6)4-12-5-8(9,10)11/h2-3,12H,4-5H2,1H3. The first-order chi connectivity index (χ1) is 5.97. The molecule has 74 valence electrons. The molecule has 0 fully saturated rings. The SMILES string of the molecule is Cc1ccc(CNCC(F)(F)F)o1. The molecular formula is C8H10F3NO. The van der Waals surface area contributed by atoms with Gasteiger partial charge in [0.15, 0.2) is 0 Å². The fourth-order valence-corrected chi connectivity index (χ4v) is 0.908. The van der Waals surface area contributed by atoms with Crippen molar-refractivity contribution in [2.24, 2.45) is 0 Å². The quantitative estimate of drug-likeness (QED) is 0.796. The molecule has 1 rings (SSSR count). The first-order valence-corrected chi connectivity index (χ1v) is 3.80. The Hall–Kier alpha value is -0.970. The van der Waals surface area contributed by atoms with Gasteiger partial charge < -0.3 is 9.73 Å². The van der Waals surface area contributed by atoms with Crippen molar-refractivity contribution in [2.45, 2.75) is 19.6 Å². The summed E-state index contributed by atoms with van der Waals surface area (Å²) >= 11 is 0. The van der Waals surface area contributed by atoms with Crippen molar-refractivity contribution >= 4 is 0 Å². The zero-order valence-corrected chi connectivity index (χ0v) is 7.11. The van der Waals surface area contributed by atoms with Crippen LogP contribution in [0, 0.1) is 6.92 Å². The van der Waals surface area contributed by atoms with Crippen LogP contribution in [0.25, 0.3) is 0 Å². The van der Waals surface area contributed by atoms with Gasteiger partial charge in [-0.2, -0.15) is 13.2 Å². The molecule has 0 aromatic carbocycles. The van der Waals surface area contributed by atoms with E-state index in [1.54, 1.807) is 19.1 Å². The number of aryl methyl sites for hydroxylation is 1. The molecule has 1 N–H and O–H groups in total. The summed E-state index contributed by atoms with van der Waals surface area (Å²) in [7, 11) is 0. The van der Waals surface area contributed by atoms with Gasteiger partial charge in [0.2, 0.25) is 0 Å². The maximum Gasteiger partial charge on any atom is 0.401 e. The van der Waals surface area contributed by atoms with Crippen molar-refractivity contribution in [1.29, 1.82) is 0 Å².